The van der Waals surface area contributed by atoms with Gasteiger partial charge in [-0.2, -0.15) is 0 Å². The Morgan fingerprint density at radius 2 is 1.91 bits per heavy atom. The van der Waals surface area contributed by atoms with Crippen LogP contribution in [0.1, 0.15) is 36.8 Å². The van der Waals surface area contributed by atoms with Gasteiger partial charge in [0, 0.05) is 6.54 Å². The molecule has 0 radical (unpaired) electrons. The molecule has 0 unspecified atom stereocenters. The summed E-state index contributed by atoms with van der Waals surface area (Å²) in [5.41, 5.74) is 1.21. The minimum Gasteiger partial charge on any atom is -0.494 e. The molecular weight excluding hydrogens is 316 g/mol. The third-order valence-electron chi connectivity index (χ3n) is 3.39. The zero-order valence-electron chi connectivity index (χ0n) is 13.6. The highest BCUT2D eigenvalue weighted by atomic mass is 32.2. The SMILES string of the molecule is CCCCOc1ccc(CNS(=O)(=O)c2c(C)noc2C)cc1. The van der Waals surface area contributed by atoms with E-state index in [4.69, 9.17) is 9.26 Å². The first kappa shape index (κ1) is 17.5. The minimum atomic E-state index is -3.64. The maximum atomic E-state index is 12.3. The summed E-state index contributed by atoms with van der Waals surface area (Å²) in [6.45, 7) is 6.18. The van der Waals surface area contributed by atoms with Crippen LogP contribution in [-0.4, -0.2) is 20.2 Å². The molecular formula is C16H22N2O4S. The van der Waals surface area contributed by atoms with Gasteiger partial charge in [0.15, 0.2) is 5.76 Å². The molecule has 0 aliphatic rings. The molecule has 1 heterocycles. The number of sulfonamides is 1. The summed E-state index contributed by atoms with van der Waals surface area (Å²) in [6, 6.07) is 7.37. The quantitative estimate of drug-likeness (QED) is 0.748. The summed E-state index contributed by atoms with van der Waals surface area (Å²) in [4.78, 5) is 0.108. The van der Waals surface area contributed by atoms with Crippen LogP contribution in [0.25, 0.3) is 0 Å². The van der Waals surface area contributed by atoms with Crippen LogP contribution in [0.15, 0.2) is 33.7 Å². The second-order valence-electron chi connectivity index (χ2n) is 5.32. The Balaban J connectivity index is 1.98. The predicted octanol–water partition coefficient (Wildman–Crippen LogP) is 2.95. The van der Waals surface area contributed by atoms with Crippen molar-refractivity contribution in [2.45, 2.75) is 45.1 Å². The highest BCUT2D eigenvalue weighted by Gasteiger charge is 2.23. The van der Waals surface area contributed by atoms with Gasteiger partial charge in [-0.1, -0.05) is 30.6 Å². The van der Waals surface area contributed by atoms with Gasteiger partial charge >= 0.3 is 0 Å². The van der Waals surface area contributed by atoms with E-state index >= 15 is 0 Å². The Labute approximate surface area is 136 Å². The molecule has 0 amide bonds. The Morgan fingerprint density at radius 1 is 1.22 bits per heavy atom. The number of nitrogens with zero attached hydrogens (tertiary/aromatic N) is 1. The number of aromatic nitrogens is 1. The van der Waals surface area contributed by atoms with Crippen molar-refractivity contribution in [3.05, 3.63) is 41.3 Å². The molecule has 1 N–H and O–H groups in total. The molecule has 2 rings (SSSR count). The average molecular weight is 338 g/mol. The number of unbranched alkanes of at least 4 members (excludes halogenated alkanes) is 1. The number of ether oxygens (including phenoxy) is 1. The summed E-state index contributed by atoms with van der Waals surface area (Å²) in [7, 11) is -3.64. The van der Waals surface area contributed by atoms with E-state index in [1.165, 1.54) is 0 Å². The number of rotatable bonds is 8. The zero-order valence-corrected chi connectivity index (χ0v) is 14.4. The predicted molar refractivity (Wildman–Crippen MR) is 86.8 cm³/mol. The Hall–Kier alpha value is -1.86. The van der Waals surface area contributed by atoms with Crippen LogP contribution >= 0.6 is 0 Å². The molecule has 2 aromatic rings. The van der Waals surface area contributed by atoms with E-state index in [0.29, 0.717) is 12.3 Å². The minimum absolute atomic E-state index is 0.108. The fourth-order valence-electron chi connectivity index (χ4n) is 2.15. The zero-order chi connectivity index (χ0) is 16.9. The van der Waals surface area contributed by atoms with Crippen LogP contribution in [0.2, 0.25) is 0 Å². The highest BCUT2D eigenvalue weighted by molar-refractivity contribution is 7.89. The third kappa shape index (κ3) is 4.56. The van der Waals surface area contributed by atoms with Crippen LogP contribution in [0.3, 0.4) is 0 Å². The second kappa shape index (κ2) is 7.61. The highest BCUT2D eigenvalue weighted by Crippen LogP contribution is 2.19. The summed E-state index contributed by atoms with van der Waals surface area (Å²) >= 11 is 0. The largest absolute Gasteiger partial charge is 0.494 e. The Morgan fingerprint density at radius 3 is 2.48 bits per heavy atom. The molecule has 0 saturated heterocycles. The first-order valence-corrected chi connectivity index (χ1v) is 9.06. The van der Waals surface area contributed by atoms with Gasteiger partial charge in [-0.15, -0.1) is 0 Å². The van der Waals surface area contributed by atoms with E-state index in [1.807, 2.05) is 24.3 Å². The summed E-state index contributed by atoms with van der Waals surface area (Å²) < 4.78 is 37.7. The topological polar surface area (TPSA) is 81.4 Å². The lowest BCUT2D eigenvalue weighted by atomic mass is 10.2. The molecule has 7 heteroatoms. The maximum absolute atomic E-state index is 12.3. The molecule has 6 nitrogen and oxygen atoms in total. The molecule has 126 valence electrons. The lowest BCUT2D eigenvalue weighted by Gasteiger charge is -2.08. The first-order chi connectivity index (χ1) is 10.9. The number of hydrogen-bond acceptors (Lipinski definition) is 5. The molecule has 0 spiro atoms. The van der Waals surface area contributed by atoms with E-state index in [-0.39, 0.29) is 17.2 Å². The van der Waals surface area contributed by atoms with Crippen molar-refractivity contribution in [1.82, 2.24) is 9.88 Å². The van der Waals surface area contributed by atoms with Gasteiger partial charge in [-0.05, 0) is 38.0 Å². The fourth-order valence-corrected chi connectivity index (χ4v) is 3.49. The Kier molecular flexibility index (Phi) is 5.79. The third-order valence-corrected chi connectivity index (χ3v) is 5.04. The van der Waals surface area contributed by atoms with E-state index in [2.05, 4.69) is 16.8 Å². The van der Waals surface area contributed by atoms with Crippen molar-refractivity contribution in [3.63, 3.8) is 0 Å². The monoisotopic (exact) mass is 338 g/mol. The second-order valence-corrected chi connectivity index (χ2v) is 7.03. The fraction of sp³-hybridized carbons (Fsp3) is 0.438. The number of aryl methyl sites for hydroxylation is 2. The van der Waals surface area contributed by atoms with E-state index in [9.17, 15) is 8.42 Å². The number of hydrogen-bond donors (Lipinski definition) is 1. The van der Waals surface area contributed by atoms with Gasteiger partial charge in [0.25, 0.3) is 0 Å². The molecule has 23 heavy (non-hydrogen) atoms. The standard InChI is InChI=1S/C16H22N2O4S/c1-4-5-10-21-15-8-6-14(7-9-15)11-17-23(19,20)16-12(2)18-22-13(16)3/h6-9,17H,4-5,10-11H2,1-3H3. The molecule has 0 bridgehead atoms. The van der Waals surface area contributed by atoms with Crippen LogP contribution in [-0.2, 0) is 16.6 Å². The van der Waals surface area contributed by atoms with Crippen molar-refractivity contribution in [1.29, 1.82) is 0 Å². The van der Waals surface area contributed by atoms with Gasteiger partial charge < -0.3 is 9.26 Å². The summed E-state index contributed by atoms with van der Waals surface area (Å²) in [5.74, 6) is 1.07. The molecule has 0 aliphatic heterocycles. The van der Waals surface area contributed by atoms with Gasteiger partial charge in [-0.25, -0.2) is 13.1 Å². The van der Waals surface area contributed by atoms with Crippen molar-refractivity contribution < 1.29 is 17.7 Å². The van der Waals surface area contributed by atoms with Gasteiger partial charge in [0.2, 0.25) is 10.0 Å². The van der Waals surface area contributed by atoms with Gasteiger partial charge in [0.05, 0.1) is 6.61 Å². The van der Waals surface area contributed by atoms with Crippen molar-refractivity contribution >= 4 is 10.0 Å². The van der Waals surface area contributed by atoms with Crippen molar-refractivity contribution in [2.75, 3.05) is 6.61 Å². The summed E-state index contributed by atoms with van der Waals surface area (Å²) in [5, 5.41) is 3.67. The van der Waals surface area contributed by atoms with E-state index < -0.39 is 10.0 Å². The van der Waals surface area contributed by atoms with E-state index in [0.717, 1.165) is 24.2 Å². The number of benzene rings is 1. The molecule has 0 atom stereocenters. The van der Waals surface area contributed by atoms with Crippen LogP contribution in [0.5, 0.6) is 5.75 Å². The van der Waals surface area contributed by atoms with Crippen LogP contribution in [0.4, 0.5) is 0 Å². The van der Waals surface area contributed by atoms with Crippen molar-refractivity contribution in [2.24, 2.45) is 0 Å². The average Bonchev–Trinajstić information content (AvgIpc) is 2.86. The molecule has 0 fully saturated rings. The first-order valence-electron chi connectivity index (χ1n) is 7.58. The normalized spacial score (nSPS) is 11.6. The molecule has 0 saturated carbocycles. The molecule has 1 aromatic heterocycles. The lowest BCUT2D eigenvalue weighted by Crippen LogP contribution is -2.24. The molecule has 0 aliphatic carbocycles. The maximum Gasteiger partial charge on any atom is 0.246 e. The lowest BCUT2D eigenvalue weighted by molar-refractivity contribution is 0.309. The Bertz CT molecular complexity index is 716. The van der Waals surface area contributed by atoms with E-state index in [1.54, 1.807) is 13.8 Å². The molecule has 1 aromatic carbocycles. The smallest absolute Gasteiger partial charge is 0.246 e. The summed E-state index contributed by atoms with van der Waals surface area (Å²) in [6.07, 6.45) is 2.10. The van der Waals surface area contributed by atoms with Gasteiger partial charge in [-0.3, -0.25) is 0 Å². The van der Waals surface area contributed by atoms with Crippen LogP contribution in [0, 0.1) is 13.8 Å². The van der Waals surface area contributed by atoms with Crippen LogP contribution < -0.4 is 9.46 Å². The van der Waals surface area contributed by atoms with Crippen molar-refractivity contribution in [3.8, 4) is 5.75 Å². The number of nitrogens with one attached hydrogen (secondary N) is 1. The van der Waals surface area contributed by atoms with Gasteiger partial charge in [0.1, 0.15) is 16.3 Å².